The third-order valence-corrected chi connectivity index (χ3v) is 6.32. The van der Waals surface area contributed by atoms with Crippen molar-refractivity contribution in [2.24, 2.45) is 0 Å². The van der Waals surface area contributed by atoms with E-state index in [0.29, 0.717) is 5.56 Å². The molecule has 4 nitrogen and oxygen atoms in total. The summed E-state index contributed by atoms with van der Waals surface area (Å²) in [5.41, 5.74) is 6.53. The highest BCUT2D eigenvalue weighted by molar-refractivity contribution is 6.09. The molecule has 0 aliphatic carbocycles. The van der Waals surface area contributed by atoms with E-state index in [1.165, 1.54) is 0 Å². The van der Waals surface area contributed by atoms with E-state index in [9.17, 15) is 10.1 Å². The van der Waals surface area contributed by atoms with Crippen molar-refractivity contribution in [3.63, 3.8) is 0 Å². The number of fused-ring (bicyclic) bond motifs is 3. The van der Waals surface area contributed by atoms with Crippen LogP contribution in [0.1, 0.15) is 0 Å². The number of benzene rings is 5. The normalized spacial score (nSPS) is 11.2. The maximum absolute atomic E-state index is 12.1. The third-order valence-electron chi connectivity index (χ3n) is 6.32. The Morgan fingerprint density at radius 2 is 1.09 bits per heavy atom. The van der Waals surface area contributed by atoms with E-state index in [-0.39, 0.29) is 10.6 Å². The summed E-state index contributed by atoms with van der Waals surface area (Å²) in [5.74, 6) is 0. The summed E-state index contributed by atoms with van der Waals surface area (Å²) in [6, 6.07) is 39.8. The summed E-state index contributed by atoms with van der Waals surface area (Å²) in [6.45, 7) is 0. The first-order valence-electron chi connectivity index (χ1n) is 11.1. The van der Waals surface area contributed by atoms with Crippen molar-refractivity contribution in [1.82, 2.24) is 4.57 Å². The first-order valence-corrected chi connectivity index (χ1v) is 11.1. The highest BCUT2D eigenvalue weighted by atomic mass is 16.6. The maximum atomic E-state index is 12.1. The van der Waals surface area contributed by atoms with Crippen LogP contribution < -0.4 is 0 Å². The molecule has 1 aromatic heterocycles. The van der Waals surface area contributed by atoms with Gasteiger partial charge in [-0.3, -0.25) is 10.1 Å². The number of aromatic nitrogens is 1. The molecule has 34 heavy (non-hydrogen) atoms. The van der Waals surface area contributed by atoms with Crippen molar-refractivity contribution in [1.29, 1.82) is 0 Å². The second-order valence-electron chi connectivity index (χ2n) is 8.27. The van der Waals surface area contributed by atoms with Crippen LogP contribution in [0.3, 0.4) is 0 Å². The Kier molecular flexibility index (Phi) is 4.70. The molecule has 0 saturated carbocycles. The summed E-state index contributed by atoms with van der Waals surface area (Å²) in [6.07, 6.45) is 0. The maximum Gasteiger partial charge on any atom is 0.279 e. The molecule has 0 aliphatic rings. The predicted octanol–water partition coefficient (Wildman–Crippen LogP) is 8.03. The average Bonchev–Trinajstić information content (AvgIpc) is 3.23. The summed E-state index contributed by atoms with van der Waals surface area (Å²) >= 11 is 0. The minimum absolute atomic E-state index is 0.0897. The standard InChI is InChI=1S/C30H20N2O2/c33-32(34)30-20-24(31-28-12-6-4-10-26(28)27-11-5-7-13-29(27)31)18-19-25(30)23-16-14-22(15-17-23)21-8-2-1-3-9-21/h1-20H. The monoisotopic (exact) mass is 440 g/mol. The van der Waals surface area contributed by atoms with Crippen molar-refractivity contribution in [2.45, 2.75) is 0 Å². The second kappa shape index (κ2) is 8.01. The first-order chi connectivity index (χ1) is 16.7. The molecule has 6 rings (SSSR count). The molecule has 162 valence electrons. The zero-order valence-electron chi connectivity index (χ0n) is 18.3. The Morgan fingerprint density at radius 1 is 0.559 bits per heavy atom. The fourth-order valence-corrected chi connectivity index (χ4v) is 4.73. The largest absolute Gasteiger partial charge is 0.309 e. The molecular formula is C30H20N2O2. The fourth-order valence-electron chi connectivity index (χ4n) is 4.73. The minimum Gasteiger partial charge on any atom is -0.309 e. The Labute approximate surface area is 196 Å². The molecule has 0 aliphatic heterocycles. The molecule has 0 fully saturated rings. The summed E-state index contributed by atoms with van der Waals surface area (Å²) in [5, 5.41) is 14.4. The topological polar surface area (TPSA) is 48.1 Å². The van der Waals surface area contributed by atoms with Gasteiger partial charge in [-0.25, -0.2) is 0 Å². The van der Waals surface area contributed by atoms with Crippen LogP contribution in [-0.4, -0.2) is 9.49 Å². The van der Waals surface area contributed by atoms with E-state index in [1.807, 2.05) is 78.9 Å². The molecular weight excluding hydrogens is 420 g/mol. The number of rotatable bonds is 4. The van der Waals surface area contributed by atoms with E-state index >= 15 is 0 Å². The van der Waals surface area contributed by atoms with Gasteiger partial charge in [0.15, 0.2) is 0 Å². The number of hydrogen-bond acceptors (Lipinski definition) is 2. The van der Waals surface area contributed by atoms with E-state index in [4.69, 9.17) is 0 Å². The molecule has 4 heteroatoms. The number of nitro groups is 1. The van der Waals surface area contributed by atoms with Gasteiger partial charge >= 0.3 is 0 Å². The van der Waals surface area contributed by atoms with Gasteiger partial charge in [-0.2, -0.15) is 0 Å². The molecule has 0 amide bonds. The first kappa shape index (κ1) is 19.9. The van der Waals surface area contributed by atoms with Gasteiger partial charge in [-0.1, -0.05) is 91.0 Å². The average molecular weight is 441 g/mol. The lowest BCUT2D eigenvalue weighted by Gasteiger charge is -2.11. The molecule has 0 unspecified atom stereocenters. The van der Waals surface area contributed by atoms with Gasteiger partial charge in [0.25, 0.3) is 5.69 Å². The highest BCUT2D eigenvalue weighted by Crippen LogP contribution is 2.36. The van der Waals surface area contributed by atoms with Crippen LogP contribution in [-0.2, 0) is 0 Å². The molecule has 5 aromatic carbocycles. The molecule has 6 aromatic rings. The molecule has 0 N–H and O–H groups in total. The number of nitrogens with zero attached hydrogens (tertiary/aromatic N) is 2. The van der Waals surface area contributed by atoms with Crippen LogP contribution in [0.15, 0.2) is 121 Å². The quantitative estimate of drug-likeness (QED) is 0.206. The predicted molar refractivity (Wildman–Crippen MR) is 138 cm³/mol. The van der Waals surface area contributed by atoms with E-state index in [1.54, 1.807) is 6.07 Å². The molecule has 0 saturated heterocycles. The lowest BCUT2D eigenvalue weighted by molar-refractivity contribution is -0.384. The number of para-hydroxylation sites is 2. The van der Waals surface area contributed by atoms with E-state index in [0.717, 1.165) is 44.2 Å². The molecule has 0 spiro atoms. The lowest BCUT2D eigenvalue weighted by atomic mass is 9.99. The van der Waals surface area contributed by atoms with Crippen LogP contribution in [0, 0.1) is 10.1 Å². The van der Waals surface area contributed by atoms with Crippen LogP contribution in [0.25, 0.3) is 49.7 Å². The second-order valence-corrected chi connectivity index (χ2v) is 8.27. The third kappa shape index (κ3) is 3.24. The number of nitro benzene ring substituents is 1. The van der Waals surface area contributed by atoms with E-state index < -0.39 is 0 Å². The van der Waals surface area contributed by atoms with Crippen molar-refractivity contribution in [3.8, 4) is 27.9 Å². The van der Waals surface area contributed by atoms with Crippen molar-refractivity contribution >= 4 is 27.5 Å². The number of hydrogen-bond donors (Lipinski definition) is 0. The molecule has 0 bridgehead atoms. The fraction of sp³-hybridized carbons (Fsp3) is 0. The lowest BCUT2D eigenvalue weighted by Crippen LogP contribution is -1.98. The Morgan fingerprint density at radius 3 is 1.71 bits per heavy atom. The van der Waals surface area contributed by atoms with Gasteiger partial charge in [0.05, 0.1) is 27.2 Å². The molecule has 0 atom stereocenters. The summed E-state index contributed by atoms with van der Waals surface area (Å²) < 4.78 is 2.10. The molecule has 1 heterocycles. The zero-order chi connectivity index (χ0) is 23.1. The van der Waals surface area contributed by atoms with Gasteiger partial charge in [-0.15, -0.1) is 0 Å². The van der Waals surface area contributed by atoms with Crippen LogP contribution in [0.5, 0.6) is 0 Å². The molecule has 0 radical (unpaired) electrons. The van der Waals surface area contributed by atoms with Crippen molar-refractivity contribution < 1.29 is 4.92 Å². The van der Waals surface area contributed by atoms with Gasteiger partial charge < -0.3 is 4.57 Å². The van der Waals surface area contributed by atoms with E-state index in [2.05, 4.69) is 41.0 Å². The van der Waals surface area contributed by atoms with Crippen molar-refractivity contribution in [2.75, 3.05) is 0 Å². The Balaban J connectivity index is 1.50. The highest BCUT2D eigenvalue weighted by Gasteiger charge is 2.19. The Hall–Kier alpha value is -4.70. The Bertz CT molecular complexity index is 1610. The zero-order valence-corrected chi connectivity index (χ0v) is 18.3. The van der Waals surface area contributed by atoms with Gasteiger partial charge in [0.2, 0.25) is 0 Å². The van der Waals surface area contributed by atoms with Crippen molar-refractivity contribution in [3.05, 3.63) is 131 Å². The van der Waals surface area contributed by atoms with Crippen LogP contribution >= 0.6 is 0 Å². The summed E-state index contributed by atoms with van der Waals surface area (Å²) in [7, 11) is 0. The summed E-state index contributed by atoms with van der Waals surface area (Å²) in [4.78, 5) is 11.8. The van der Waals surface area contributed by atoms with Gasteiger partial charge in [0, 0.05) is 16.8 Å². The van der Waals surface area contributed by atoms with Crippen LogP contribution in [0.4, 0.5) is 5.69 Å². The van der Waals surface area contributed by atoms with Gasteiger partial charge in [-0.05, 0) is 41.0 Å². The smallest absolute Gasteiger partial charge is 0.279 e. The van der Waals surface area contributed by atoms with Crippen LogP contribution in [0.2, 0.25) is 0 Å². The minimum atomic E-state index is -0.294. The SMILES string of the molecule is O=[N+]([O-])c1cc(-n2c3ccccc3c3ccccc32)ccc1-c1ccc(-c2ccccc2)cc1. The van der Waals surface area contributed by atoms with Gasteiger partial charge in [0.1, 0.15) is 0 Å².